The maximum absolute atomic E-state index is 12.9. The van der Waals surface area contributed by atoms with Crippen molar-refractivity contribution in [3.8, 4) is 0 Å². The summed E-state index contributed by atoms with van der Waals surface area (Å²) in [5.74, 6) is -2.51. The fourth-order valence-electron chi connectivity index (χ4n) is 4.83. The molecule has 0 spiro atoms. The van der Waals surface area contributed by atoms with Gasteiger partial charge in [0.1, 0.15) is 0 Å². The van der Waals surface area contributed by atoms with Crippen LogP contribution < -0.4 is 5.32 Å². The number of likely N-dealkylation sites (tertiary alicyclic amines) is 1. The van der Waals surface area contributed by atoms with E-state index >= 15 is 0 Å². The first-order chi connectivity index (χ1) is 13.0. The number of nitrogens with one attached hydrogen (secondary N) is 1. The number of rotatable bonds is 4. The van der Waals surface area contributed by atoms with E-state index in [0.29, 0.717) is 11.3 Å². The average molecular weight is 368 g/mol. The van der Waals surface area contributed by atoms with Crippen LogP contribution in [0.25, 0.3) is 0 Å². The highest BCUT2D eigenvalue weighted by molar-refractivity contribution is 6.01. The summed E-state index contributed by atoms with van der Waals surface area (Å²) in [4.78, 5) is 39.1. The largest absolute Gasteiger partial charge is 0.481 e. The first-order valence-electron chi connectivity index (χ1n) is 9.58. The molecule has 1 aliphatic heterocycles. The maximum Gasteiger partial charge on any atom is 0.307 e. The van der Waals surface area contributed by atoms with Crippen molar-refractivity contribution in [3.63, 3.8) is 0 Å². The molecule has 142 valence electrons. The van der Waals surface area contributed by atoms with Gasteiger partial charge in [-0.15, -0.1) is 0 Å². The number of nitrogens with zero attached hydrogens (tertiary/aromatic N) is 1. The summed E-state index contributed by atoms with van der Waals surface area (Å²) in [5.41, 5.74) is 1.91. The zero-order valence-corrected chi connectivity index (χ0v) is 15.4. The molecule has 2 bridgehead atoms. The van der Waals surface area contributed by atoms with Crippen molar-refractivity contribution in [2.75, 3.05) is 18.4 Å². The summed E-state index contributed by atoms with van der Waals surface area (Å²) >= 11 is 0. The Morgan fingerprint density at radius 1 is 1.07 bits per heavy atom. The van der Waals surface area contributed by atoms with Crippen LogP contribution in [0.4, 0.5) is 5.69 Å². The van der Waals surface area contributed by atoms with Crippen molar-refractivity contribution in [2.24, 2.45) is 23.7 Å². The second kappa shape index (κ2) is 6.83. The van der Waals surface area contributed by atoms with E-state index in [9.17, 15) is 19.5 Å². The van der Waals surface area contributed by atoms with E-state index in [1.807, 2.05) is 24.0 Å². The number of carbonyl (C=O) groups excluding carboxylic acids is 2. The minimum absolute atomic E-state index is 0.00707. The molecule has 3 aliphatic rings. The van der Waals surface area contributed by atoms with Crippen LogP contribution in [-0.2, 0) is 9.59 Å². The second-order valence-corrected chi connectivity index (χ2v) is 7.80. The summed E-state index contributed by atoms with van der Waals surface area (Å²) in [6.07, 6.45) is 6.66. The number of fused-ring (bicyclic) bond motifs is 2. The third-order valence-electron chi connectivity index (χ3n) is 6.26. The van der Waals surface area contributed by atoms with E-state index in [1.165, 1.54) is 0 Å². The summed E-state index contributed by atoms with van der Waals surface area (Å²) < 4.78 is 0. The lowest BCUT2D eigenvalue weighted by molar-refractivity contribution is -0.146. The van der Waals surface area contributed by atoms with Gasteiger partial charge in [-0.2, -0.15) is 0 Å². The molecule has 1 saturated carbocycles. The lowest BCUT2D eigenvalue weighted by atomic mass is 9.82. The summed E-state index contributed by atoms with van der Waals surface area (Å²) in [5, 5.41) is 12.5. The Hall–Kier alpha value is -2.63. The third-order valence-corrected chi connectivity index (χ3v) is 6.26. The average Bonchev–Trinajstić information content (AvgIpc) is 3.39. The molecule has 27 heavy (non-hydrogen) atoms. The lowest BCUT2D eigenvalue weighted by Crippen LogP contribution is -2.36. The molecule has 2 amide bonds. The quantitative estimate of drug-likeness (QED) is 0.800. The molecular weight excluding hydrogens is 344 g/mol. The van der Waals surface area contributed by atoms with Crippen LogP contribution in [-0.4, -0.2) is 40.9 Å². The van der Waals surface area contributed by atoms with Gasteiger partial charge in [0.15, 0.2) is 0 Å². The minimum Gasteiger partial charge on any atom is -0.481 e. The van der Waals surface area contributed by atoms with Crippen LogP contribution in [0.5, 0.6) is 0 Å². The second-order valence-electron chi connectivity index (χ2n) is 7.80. The molecule has 0 aromatic heterocycles. The highest BCUT2D eigenvalue weighted by Crippen LogP contribution is 2.48. The molecule has 1 aromatic rings. The Morgan fingerprint density at radius 3 is 2.41 bits per heavy atom. The Morgan fingerprint density at radius 2 is 1.74 bits per heavy atom. The van der Waals surface area contributed by atoms with Gasteiger partial charge in [0.25, 0.3) is 5.91 Å². The maximum atomic E-state index is 12.9. The zero-order valence-electron chi connectivity index (χ0n) is 15.4. The monoisotopic (exact) mass is 368 g/mol. The molecule has 6 nitrogen and oxygen atoms in total. The molecule has 0 radical (unpaired) electrons. The predicted octanol–water partition coefficient (Wildman–Crippen LogP) is 2.69. The van der Waals surface area contributed by atoms with Crippen LogP contribution in [0.15, 0.2) is 30.4 Å². The van der Waals surface area contributed by atoms with Crippen molar-refractivity contribution in [2.45, 2.75) is 26.2 Å². The number of aliphatic carboxylic acids is 1. The van der Waals surface area contributed by atoms with Crippen LogP contribution in [0.3, 0.4) is 0 Å². The molecule has 6 heteroatoms. The number of allylic oxidation sites excluding steroid dienone is 2. The number of carboxylic acid groups (broad SMARTS) is 1. The topological polar surface area (TPSA) is 86.7 Å². The smallest absolute Gasteiger partial charge is 0.307 e. The minimum atomic E-state index is -0.915. The van der Waals surface area contributed by atoms with Gasteiger partial charge in [0.2, 0.25) is 5.91 Å². The van der Waals surface area contributed by atoms with Gasteiger partial charge >= 0.3 is 5.97 Å². The number of hydrogen-bond acceptors (Lipinski definition) is 3. The van der Waals surface area contributed by atoms with Crippen molar-refractivity contribution in [3.05, 3.63) is 41.5 Å². The van der Waals surface area contributed by atoms with Gasteiger partial charge < -0.3 is 15.3 Å². The molecule has 2 aliphatic carbocycles. The fourth-order valence-corrected chi connectivity index (χ4v) is 4.83. The number of carbonyl (C=O) groups is 3. The van der Waals surface area contributed by atoms with E-state index in [4.69, 9.17) is 0 Å². The molecule has 2 fully saturated rings. The molecule has 1 aromatic carbocycles. The normalized spacial score (nSPS) is 28.6. The van der Waals surface area contributed by atoms with E-state index in [-0.39, 0.29) is 23.7 Å². The van der Waals surface area contributed by atoms with Crippen molar-refractivity contribution in [1.82, 2.24) is 4.90 Å². The number of benzene rings is 1. The Kier molecular flexibility index (Phi) is 4.50. The van der Waals surface area contributed by atoms with Gasteiger partial charge in [-0.1, -0.05) is 18.2 Å². The van der Waals surface area contributed by atoms with E-state index < -0.39 is 17.8 Å². The van der Waals surface area contributed by atoms with E-state index in [2.05, 4.69) is 5.32 Å². The molecular formula is C21H24N2O4. The highest BCUT2D eigenvalue weighted by atomic mass is 16.4. The van der Waals surface area contributed by atoms with Gasteiger partial charge in [-0.3, -0.25) is 14.4 Å². The summed E-state index contributed by atoms with van der Waals surface area (Å²) in [6, 6.07) is 5.32. The van der Waals surface area contributed by atoms with Crippen LogP contribution in [0.1, 0.15) is 35.2 Å². The standard InChI is InChI=1S/C21H24N2O4/c1-12-15(20(25)23-9-2-3-10-23)5-4-6-16(12)22-19(24)17-13-7-8-14(11-13)18(17)21(26)27/h4-8,13-14,17-18H,2-3,9-11H2,1H3,(H,22,24)(H,26,27). The highest BCUT2D eigenvalue weighted by Gasteiger charge is 2.51. The van der Waals surface area contributed by atoms with Crippen molar-refractivity contribution in [1.29, 1.82) is 0 Å². The summed E-state index contributed by atoms with van der Waals surface area (Å²) in [6.45, 7) is 3.37. The van der Waals surface area contributed by atoms with Crippen LogP contribution in [0.2, 0.25) is 0 Å². The van der Waals surface area contributed by atoms with Crippen molar-refractivity contribution < 1.29 is 19.5 Å². The van der Waals surface area contributed by atoms with Crippen molar-refractivity contribution >= 4 is 23.5 Å². The first kappa shape index (κ1) is 17.8. The van der Waals surface area contributed by atoms with E-state index in [0.717, 1.165) is 37.9 Å². The van der Waals surface area contributed by atoms with Crippen LogP contribution in [0, 0.1) is 30.6 Å². The summed E-state index contributed by atoms with van der Waals surface area (Å²) in [7, 11) is 0. The predicted molar refractivity (Wildman–Crippen MR) is 100 cm³/mol. The Balaban J connectivity index is 1.55. The third kappa shape index (κ3) is 3.03. The van der Waals surface area contributed by atoms with Gasteiger partial charge in [-0.05, 0) is 55.7 Å². The number of carboxylic acids is 1. The molecule has 1 saturated heterocycles. The number of amides is 2. The number of hydrogen-bond donors (Lipinski definition) is 2. The first-order valence-corrected chi connectivity index (χ1v) is 9.58. The molecule has 1 heterocycles. The van der Waals surface area contributed by atoms with Crippen LogP contribution >= 0.6 is 0 Å². The van der Waals surface area contributed by atoms with Gasteiger partial charge in [0, 0.05) is 24.3 Å². The molecule has 4 unspecified atom stereocenters. The van der Waals surface area contributed by atoms with E-state index in [1.54, 1.807) is 18.2 Å². The zero-order chi connectivity index (χ0) is 19.1. The van der Waals surface area contributed by atoms with Gasteiger partial charge in [0.05, 0.1) is 11.8 Å². The molecule has 2 N–H and O–H groups in total. The fraction of sp³-hybridized carbons (Fsp3) is 0.476. The lowest BCUT2D eigenvalue weighted by Gasteiger charge is -2.24. The Labute approximate surface area is 158 Å². The SMILES string of the molecule is Cc1c(NC(=O)C2C3C=CC(C3)C2C(=O)O)cccc1C(=O)N1CCCC1. The molecule has 4 atom stereocenters. The van der Waals surface area contributed by atoms with Gasteiger partial charge in [-0.25, -0.2) is 0 Å². The number of anilines is 1. The molecule has 4 rings (SSSR count). The Bertz CT molecular complexity index is 825.